The van der Waals surface area contributed by atoms with Gasteiger partial charge in [-0.2, -0.15) is 4.98 Å². The third-order valence-electron chi connectivity index (χ3n) is 5.07. The number of likely N-dealkylation sites (tertiary alicyclic amines) is 1. The van der Waals surface area contributed by atoms with Crippen LogP contribution in [-0.2, 0) is 14.8 Å². The molecule has 0 aliphatic carbocycles. The summed E-state index contributed by atoms with van der Waals surface area (Å²) in [4.78, 5) is 18.6. The van der Waals surface area contributed by atoms with Crippen molar-refractivity contribution in [3.8, 4) is 11.5 Å². The smallest absolute Gasteiger partial charge is 0.411 e. The largest absolute Gasteiger partial charge is 0.449 e. The molecule has 2 aromatic rings. The van der Waals surface area contributed by atoms with Crippen LogP contribution in [0.4, 0.5) is 10.5 Å². The first kappa shape index (κ1) is 22.2. The molecular weight excluding hydrogens is 410 g/mol. The molecule has 1 aliphatic rings. The second-order valence-corrected chi connectivity index (χ2v) is 9.27. The van der Waals surface area contributed by atoms with E-state index in [0.717, 1.165) is 25.9 Å². The summed E-state index contributed by atoms with van der Waals surface area (Å²) in [6.45, 7) is 4.12. The normalized spacial score (nSPS) is 15.8. The Morgan fingerprint density at radius 1 is 1.30 bits per heavy atom. The van der Waals surface area contributed by atoms with Crippen molar-refractivity contribution < 1.29 is 22.5 Å². The molecule has 1 amide bonds. The van der Waals surface area contributed by atoms with E-state index < -0.39 is 16.1 Å². The zero-order valence-corrected chi connectivity index (χ0v) is 17.9. The molecule has 1 aromatic heterocycles. The first-order valence-electron chi connectivity index (χ1n) is 9.83. The maximum absolute atomic E-state index is 12.3. The highest BCUT2D eigenvalue weighted by Gasteiger charge is 2.22. The molecule has 0 atom stereocenters. The maximum Gasteiger partial charge on any atom is 0.411 e. The van der Waals surface area contributed by atoms with Gasteiger partial charge in [0.25, 0.3) is 5.89 Å². The van der Waals surface area contributed by atoms with Gasteiger partial charge < -0.3 is 14.2 Å². The average molecular weight is 438 g/mol. The van der Waals surface area contributed by atoms with Crippen LogP contribution in [-0.4, -0.2) is 68.6 Å². The standard InChI is InChI=1S/C19H27N5O5S/c1-14-21-18(29-23-14)16-5-3-4-6-17(16)22-19(25)28-13-15-7-9-24(10-8-15)11-12-30(26,27)20-2/h3-6,15,20H,7-13H2,1-2H3,(H,22,25). The van der Waals surface area contributed by atoms with E-state index in [-0.39, 0.29) is 11.7 Å². The number of carbonyl (C=O) groups excluding carboxylic acids is 1. The average Bonchev–Trinajstić information content (AvgIpc) is 3.18. The molecule has 11 heteroatoms. The van der Waals surface area contributed by atoms with Gasteiger partial charge in [-0.15, -0.1) is 0 Å². The first-order valence-corrected chi connectivity index (χ1v) is 11.5. The number of hydrogen-bond acceptors (Lipinski definition) is 8. The number of aromatic nitrogens is 2. The van der Waals surface area contributed by atoms with Crippen molar-refractivity contribution >= 4 is 21.8 Å². The van der Waals surface area contributed by atoms with Gasteiger partial charge in [0.05, 0.1) is 23.6 Å². The molecule has 0 bridgehead atoms. The second-order valence-electron chi connectivity index (χ2n) is 7.22. The Morgan fingerprint density at radius 2 is 2.03 bits per heavy atom. The van der Waals surface area contributed by atoms with Crippen molar-refractivity contribution in [1.29, 1.82) is 0 Å². The fourth-order valence-electron chi connectivity index (χ4n) is 3.25. The SMILES string of the molecule is CNS(=O)(=O)CCN1CCC(COC(=O)Nc2ccccc2-c2nc(C)no2)CC1. The van der Waals surface area contributed by atoms with E-state index in [1.165, 1.54) is 7.05 Å². The lowest BCUT2D eigenvalue weighted by Gasteiger charge is -2.31. The summed E-state index contributed by atoms with van der Waals surface area (Å²) in [5.41, 5.74) is 1.16. The number of ether oxygens (including phenoxy) is 1. The third-order valence-corrected chi connectivity index (χ3v) is 6.41. The zero-order chi connectivity index (χ0) is 21.6. The van der Waals surface area contributed by atoms with E-state index in [2.05, 4.69) is 25.1 Å². The predicted octanol–water partition coefficient (Wildman–Crippen LogP) is 1.85. The van der Waals surface area contributed by atoms with Crippen molar-refractivity contribution in [3.05, 3.63) is 30.1 Å². The Labute approximate surface area is 176 Å². The Morgan fingerprint density at radius 3 is 2.70 bits per heavy atom. The van der Waals surface area contributed by atoms with Crippen LogP contribution in [0.1, 0.15) is 18.7 Å². The maximum atomic E-state index is 12.3. The van der Waals surface area contributed by atoms with Crippen LogP contribution in [0.5, 0.6) is 0 Å². The summed E-state index contributed by atoms with van der Waals surface area (Å²) in [6, 6.07) is 7.15. The minimum Gasteiger partial charge on any atom is -0.449 e. The summed E-state index contributed by atoms with van der Waals surface area (Å²) in [7, 11) is -1.77. The number of aryl methyl sites for hydroxylation is 1. The molecule has 1 aromatic carbocycles. The molecule has 0 radical (unpaired) electrons. The van der Waals surface area contributed by atoms with E-state index in [1.807, 2.05) is 6.07 Å². The summed E-state index contributed by atoms with van der Waals surface area (Å²) < 4.78 is 36.0. The number of sulfonamides is 1. The van der Waals surface area contributed by atoms with Gasteiger partial charge in [0, 0.05) is 6.54 Å². The van der Waals surface area contributed by atoms with Gasteiger partial charge in [-0.3, -0.25) is 5.32 Å². The summed E-state index contributed by atoms with van der Waals surface area (Å²) in [6.07, 6.45) is 1.16. The molecule has 3 rings (SSSR count). The number of nitrogens with zero attached hydrogens (tertiary/aromatic N) is 3. The molecule has 1 saturated heterocycles. The van der Waals surface area contributed by atoms with Crippen LogP contribution in [0.15, 0.2) is 28.8 Å². The quantitative estimate of drug-likeness (QED) is 0.641. The zero-order valence-electron chi connectivity index (χ0n) is 17.1. The summed E-state index contributed by atoms with van der Waals surface area (Å²) >= 11 is 0. The lowest BCUT2D eigenvalue weighted by atomic mass is 9.98. The number of anilines is 1. The Bertz CT molecular complexity index is 954. The lowest BCUT2D eigenvalue weighted by molar-refractivity contribution is 0.107. The van der Waals surface area contributed by atoms with E-state index >= 15 is 0 Å². The molecule has 164 valence electrons. The molecule has 2 heterocycles. The second kappa shape index (κ2) is 10.0. The van der Waals surface area contributed by atoms with Gasteiger partial charge in [0.15, 0.2) is 5.82 Å². The number of amides is 1. The Hall–Kier alpha value is -2.50. The van der Waals surface area contributed by atoms with Gasteiger partial charge in [-0.05, 0) is 58.0 Å². The number of hydrogen-bond donors (Lipinski definition) is 2. The number of nitrogens with one attached hydrogen (secondary N) is 2. The van der Waals surface area contributed by atoms with Crippen molar-refractivity contribution in [2.45, 2.75) is 19.8 Å². The van der Waals surface area contributed by atoms with Crippen LogP contribution in [0.25, 0.3) is 11.5 Å². The third kappa shape index (κ3) is 6.25. The van der Waals surface area contributed by atoms with Crippen LogP contribution in [0.2, 0.25) is 0 Å². The van der Waals surface area contributed by atoms with E-state index in [9.17, 15) is 13.2 Å². The van der Waals surface area contributed by atoms with E-state index in [1.54, 1.807) is 25.1 Å². The van der Waals surface area contributed by atoms with Gasteiger partial charge in [0.1, 0.15) is 0 Å². The van der Waals surface area contributed by atoms with Gasteiger partial charge >= 0.3 is 6.09 Å². The van der Waals surface area contributed by atoms with E-state index in [4.69, 9.17) is 9.26 Å². The van der Waals surface area contributed by atoms with Gasteiger partial charge in [-0.25, -0.2) is 17.9 Å². The molecule has 10 nitrogen and oxygen atoms in total. The number of para-hydroxylation sites is 1. The summed E-state index contributed by atoms with van der Waals surface area (Å²) in [5, 5.41) is 6.51. The highest BCUT2D eigenvalue weighted by molar-refractivity contribution is 7.89. The highest BCUT2D eigenvalue weighted by Crippen LogP contribution is 2.26. The minimum atomic E-state index is -3.19. The van der Waals surface area contributed by atoms with Crippen molar-refractivity contribution in [2.75, 3.05) is 44.4 Å². The first-order chi connectivity index (χ1) is 14.4. The fraction of sp³-hybridized carbons (Fsp3) is 0.526. The molecule has 2 N–H and O–H groups in total. The predicted molar refractivity (Wildman–Crippen MR) is 111 cm³/mol. The van der Waals surface area contributed by atoms with Gasteiger partial charge in [0.2, 0.25) is 10.0 Å². The molecule has 30 heavy (non-hydrogen) atoms. The molecule has 0 saturated carbocycles. The molecular formula is C19H27N5O5S. The molecule has 0 spiro atoms. The molecule has 1 aliphatic heterocycles. The minimum absolute atomic E-state index is 0.0893. The Kier molecular flexibility index (Phi) is 7.40. The van der Waals surface area contributed by atoms with Gasteiger partial charge in [-0.1, -0.05) is 17.3 Å². The van der Waals surface area contributed by atoms with Crippen LogP contribution in [0.3, 0.4) is 0 Å². The lowest BCUT2D eigenvalue weighted by Crippen LogP contribution is -2.39. The van der Waals surface area contributed by atoms with Crippen LogP contribution >= 0.6 is 0 Å². The monoisotopic (exact) mass is 437 g/mol. The van der Waals surface area contributed by atoms with Crippen LogP contribution < -0.4 is 10.0 Å². The van der Waals surface area contributed by atoms with E-state index in [0.29, 0.717) is 36.1 Å². The fourth-order valence-corrected chi connectivity index (χ4v) is 3.96. The van der Waals surface area contributed by atoms with Crippen molar-refractivity contribution in [3.63, 3.8) is 0 Å². The molecule has 0 unspecified atom stereocenters. The number of benzene rings is 1. The number of carbonyl (C=O) groups is 1. The number of rotatable bonds is 8. The topological polar surface area (TPSA) is 127 Å². The highest BCUT2D eigenvalue weighted by atomic mass is 32.2. The molecule has 1 fully saturated rings. The van der Waals surface area contributed by atoms with Crippen molar-refractivity contribution in [1.82, 2.24) is 19.8 Å². The van der Waals surface area contributed by atoms with Crippen molar-refractivity contribution in [2.24, 2.45) is 5.92 Å². The number of piperidine rings is 1. The summed E-state index contributed by atoms with van der Waals surface area (Å²) in [5.74, 6) is 1.18. The van der Waals surface area contributed by atoms with Crippen LogP contribution in [0, 0.1) is 12.8 Å². The Balaban J connectivity index is 1.44.